The van der Waals surface area contributed by atoms with Crippen LogP contribution in [0.4, 0.5) is 0 Å². The van der Waals surface area contributed by atoms with Gasteiger partial charge in [0.25, 0.3) is 0 Å². The summed E-state index contributed by atoms with van der Waals surface area (Å²) in [6, 6.07) is 6.03. The Morgan fingerprint density at radius 3 is 3.09 bits per heavy atom. The van der Waals surface area contributed by atoms with Gasteiger partial charge in [0.15, 0.2) is 0 Å². The Bertz CT molecular complexity index is 396. The number of nitrogens with zero attached hydrogens (tertiary/aromatic N) is 1. The zero-order valence-electron chi connectivity index (χ0n) is 5.44. The summed E-state index contributed by atoms with van der Waals surface area (Å²) in [7, 11) is 0. The highest BCUT2D eigenvalue weighted by molar-refractivity contribution is 14.1. The van der Waals surface area contributed by atoms with E-state index in [1.807, 2.05) is 12.1 Å². The molecule has 0 atom stereocenters. The molecule has 1 N–H and O–H groups in total. The highest BCUT2D eigenvalue weighted by Gasteiger charge is 1.98. The van der Waals surface area contributed by atoms with Crippen molar-refractivity contribution in [2.24, 2.45) is 0 Å². The lowest BCUT2D eigenvalue weighted by Gasteiger charge is -1.88. The molecular weight excluding hydrogens is 319 g/mol. The Balaban J connectivity index is 2.82. The van der Waals surface area contributed by atoms with Crippen molar-refractivity contribution in [2.75, 3.05) is 0 Å². The molecule has 0 saturated heterocycles. The maximum atomic E-state index is 4.25. The summed E-state index contributed by atoms with van der Waals surface area (Å²) >= 11 is 5.54. The van der Waals surface area contributed by atoms with Gasteiger partial charge < -0.3 is 4.98 Å². The van der Waals surface area contributed by atoms with Gasteiger partial charge in [-0.15, -0.1) is 0 Å². The fourth-order valence-electron chi connectivity index (χ4n) is 0.948. The first-order chi connectivity index (χ1) is 5.25. The van der Waals surface area contributed by atoms with E-state index < -0.39 is 0 Å². The molecule has 0 amide bonds. The number of halogens is 2. The number of aromatic nitrogens is 2. The van der Waals surface area contributed by atoms with E-state index in [9.17, 15) is 0 Å². The summed E-state index contributed by atoms with van der Waals surface area (Å²) in [5, 5.41) is 1.15. The summed E-state index contributed by atoms with van der Waals surface area (Å²) in [5.74, 6) is 0. The quantitative estimate of drug-likeness (QED) is 0.586. The van der Waals surface area contributed by atoms with E-state index in [0.717, 1.165) is 19.3 Å². The van der Waals surface area contributed by atoms with Gasteiger partial charge in [0.05, 0.1) is 3.70 Å². The molecule has 2 rings (SSSR count). The maximum absolute atomic E-state index is 4.25. The molecule has 0 spiro atoms. The highest BCUT2D eigenvalue weighted by atomic mass is 127. The number of pyridine rings is 1. The summed E-state index contributed by atoms with van der Waals surface area (Å²) in [6.07, 6.45) is 0. The minimum Gasteiger partial charge on any atom is -0.335 e. The van der Waals surface area contributed by atoms with Gasteiger partial charge >= 0.3 is 0 Å². The number of fused-ring (bicyclic) bond motifs is 1. The second-order valence-corrected chi connectivity index (χ2v) is 4.16. The van der Waals surface area contributed by atoms with Crippen LogP contribution in [0, 0.1) is 3.70 Å². The van der Waals surface area contributed by atoms with Crippen LogP contribution in [0.15, 0.2) is 22.8 Å². The molecule has 0 unspecified atom stereocenters. The Labute approximate surface area is 85.7 Å². The predicted octanol–water partition coefficient (Wildman–Crippen LogP) is 2.93. The number of H-pyrrole nitrogens is 1. The first kappa shape index (κ1) is 7.54. The van der Waals surface area contributed by atoms with Crippen molar-refractivity contribution in [1.29, 1.82) is 0 Å². The summed E-state index contributed by atoms with van der Waals surface area (Å²) in [5.41, 5.74) is 0.934. The van der Waals surface area contributed by atoms with Crippen LogP contribution in [0.1, 0.15) is 0 Å². The Morgan fingerprint density at radius 2 is 2.27 bits per heavy atom. The van der Waals surface area contributed by atoms with Crippen molar-refractivity contribution in [1.82, 2.24) is 9.97 Å². The molecule has 0 bridgehead atoms. The Morgan fingerprint density at radius 1 is 1.45 bits per heavy atom. The van der Waals surface area contributed by atoms with Gasteiger partial charge in [0.2, 0.25) is 0 Å². The van der Waals surface area contributed by atoms with Crippen molar-refractivity contribution in [3.63, 3.8) is 0 Å². The summed E-state index contributed by atoms with van der Waals surface area (Å²) in [4.78, 5) is 7.40. The Kier molecular flexibility index (Phi) is 1.88. The summed E-state index contributed by atoms with van der Waals surface area (Å²) in [6.45, 7) is 0. The van der Waals surface area contributed by atoms with Gasteiger partial charge in [0, 0.05) is 5.39 Å². The minimum absolute atomic E-state index is 0.864. The van der Waals surface area contributed by atoms with Crippen LogP contribution in [-0.4, -0.2) is 9.97 Å². The number of hydrogen-bond donors (Lipinski definition) is 1. The van der Waals surface area contributed by atoms with E-state index in [1.54, 1.807) is 0 Å². The van der Waals surface area contributed by atoms with Crippen molar-refractivity contribution < 1.29 is 0 Å². The molecule has 0 aliphatic carbocycles. The Hall–Kier alpha value is -0.100. The number of nitrogens with one attached hydrogen (secondary N) is 1. The molecule has 0 radical (unpaired) electrons. The fourth-order valence-corrected chi connectivity index (χ4v) is 1.85. The molecule has 0 aromatic carbocycles. The molecular formula is C7H4BrIN2. The average Bonchev–Trinajstić information content (AvgIpc) is 2.27. The van der Waals surface area contributed by atoms with E-state index in [2.05, 4.69) is 54.6 Å². The topological polar surface area (TPSA) is 28.7 Å². The molecule has 11 heavy (non-hydrogen) atoms. The lowest BCUT2D eigenvalue weighted by molar-refractivity contribution is 1.27. The third kappa shape index (κ3) is 1.41. The first-order valence-corrected chi connectivity index (χ1v) is 4.93. The molecule has 0 fully saturated rings. The van der Waals surface area contributed by atoms with Crippen LogP contribution >= 0.6 is 38.5 Å². The van der Waals surface area contributed by atoms with E-state index in [-0.39, 0.29) is 0 Å². The van der Waals surface area contributed by atoms with E-state index in [0.29, 0.717) is 0 Å². The average molecular weight is 323 g/mol. The van der Waals surface area contributed by atoms with Crippen LogP contribution in [0.25, 0.3) is 11.0 Å². The molecule has 56 valence electrons. The van der Waals surface area contributed by atoms with Gasteiger partial charge in [-0.25, -0.2) is 4.98 Å². The molecule has 4 heteroatoms. The SMILES string of the molecule is Brc1ccc2cc(I)[nH]c2n1. The van der Waals surface area contributed by atoms with Gasteiger partial charge in [-0.05, 0) is 56.7 Å². The molecule has 0 aliphatic heterocycles. The molecule has 2 aromatic heterocycles. The largest absolute Gasteiger partial charge is 0.335 e. The normalized spacial score (nSPS) is 10.7. The van der Waals surface area contributed by atoms with Crippen LogP contribution in [0.2, 0.25) is 0 Å². The minimum atomic E-state index is 0.864. The maximum Gasteiger partial charge on any atom is 0.139 e. The van der Waals surface area contributed by atoms with Crippen LogP contribution in [0.3, 0.4) is 0 Å². The van der Waals surface area contributed by atoms with Crippen molar-refractivity contribution in [3.8, 4) is 0 Å². The number of aromatic amines is 1. The smallest absolute Gasteiger partial charge is 0.139 e. The molecule has 2 aromatic rings. The lowest BCUT2D eigenvalue weighted by atomic mass is 10.3. The lowest BCUT2D eigenvalue weighted by Crippen LogP contribution is -1.76. The van der Waals surface area contributed by atoms with E-state index in [1.165, 1.54) is 0 Å². The van der Waals surface area contributed by atoms with Crippen LogP contribution in [0.5, 0.6) is 0 Å². The van der Waals surface area contributed by atoms with E-state index >= 15 is 0 Å². The zero-order valence-corrected chi connectivity index (χ0v) is 9.18. The molecule has 0 aliphatic rings. The fraction of sp³-hybridized carbons (Fsp3) is 0. The third-order valence-electron chi connectivity index (χ3n) is 1.41. The zero-order chi connectivity index (χ0) is 7.84. The van der Waals surface area contributed by atoms with Crippen LogP contribution in [-0.2, 0) is 0 Å². The molecule has 0 saturated carbocycles. The van der Waals surface area contributed by atoms with Crippen molar-refractivity contribution >= 4 is 49.6 Å². The van der Waals surface area contributed by atoms with Gasteiger partial charge in [-0.3, -0.25) is 0 Å². The van der Waals surface area contributed by atoms with Gasteiger partial charge in [0.1, 0.15) is 10.3 Å². The van der Waals surface area contributed by atoms with Gasteiger partial charge in [-0.2, -0.15) is 0 Å². The first-order valence-electron chi connectivity index (χ1n) is 3.06. The summed E-state index contributed by atoms with van der Waals surface area (Å²) < 4.78 is 1.98. The van der Waals surface area contributed by atoms with Crippen molar-refractivity contribution in [2.45, 2.75) is 0 Å². The van der Waals surface area contributed by atoms with Gasteiger partial charge in [-0.1, -0.05) is 0 Å². The van der Waals surface area contributed by atoms with Crippen LogP contribution < -0.4 is 0 Å². The second-order valence-electron chi connectivity index (χ2n) is 2.19. The third-order valence-corrected chi connectivity index (χ3v) is 2.44. The molecule has 2 nitrogen and oxygen atoms in total. The number of rotatable bonds is 0. The van der Waals surface area contributed by atoms with E-state index in [4.69, 9.17) is 0 Å². The standard InChI is InChI=1S/C7H4BrIN2/c8-5-2-1-4-3-6(9)11-7(4)10-5/h1-3H,(H,10,11). The highest BCUT2D eigenvalue weighted by Crippen LogP contribution is 2.17. The van der Waals surface area contributed by atoms with Crippen molar-refractivity contribution in [3.05, 3.63) is 26.5 Å². The number of hydrogen-bond acceptors (Lipinski definition) is 1. The monoisotopic (exact) mass is 322 g/mol. The molecule has 2 heterocycles. The predicted molar refractivity (Wildman–Crippen MR) is 56.5 cm³/mol. The second kappa shape index (κ2) is 2.75.